The molecule has 2 heteroatoms. The van der Waals surface area contributed by atoms with E-state index in [-0.39, 0.29) is 0 Å². The van der Waals surface area contributed by atoms with E-state index in [0.29, 0.717) is 0 Å². The van der Waals surface area contributed by atoms with Gasteiger partial charge in [0, 0.05) is 11.1 Å². The van der Waals surface area contributed by atoms with Gasteiger partial charge in [0.25, 0.3) is 0 Å². The lowest BCUT2D eigenvalue weighted by atomic mass is 10.0. The maximum atomic E-state index is 5.52. The Balaban J connectivity index is 1.78. The van der Waals surface area contributed by atoms with Gasteiger partial charge in [-0.05, 0) is 22.9 Å². The highest BCUT2D eigenvalue weighted by Crippen LogP contribution is 2.33. The van der Waals surface area contributed by atoms with Crippen molar-refractivity contribution in [2.45, 2.75) is 13.1 Å². The van der Waals surface area contributed by atoms with Crippen LogP contribution < -0.4 is 0 Å². The first-order valence-electron chi connectivity index (χ1n) is 6.78. The average Bonchev–Trinajstić information content (AvgIpc) is 2.73. The largest absolute Gasteiger partial charge is 0.370 e. The van der Waals surface area contributed by atoms with Gasteiger partial charge < -0.3 is 9.22 Å². The summed E-state index contributed by atoms with van der Waals surface area (Å²) in [6, 6.07) is 13.5. The first kappa shape index (κ1) is 10.5. The Morgan fingerprint density at radius 1 is 0.833 bits per heavy atom. The van der Waals surface area contributed by atoms with Crippen molar-refractivity contribution in [3.63, 3.8) is 0 Å². The predicted molar refractivity (Wildman–Crippen MR) is 72.2 cm³/mol. The molecule has 0 N–H and O–H groups in total. The number of ether oxygens (including phenoxy) is 1. The first-order valence-corrected chi connectivity index (χ1v) is 6.78. The van der Waals surface area contributed by atoms with Crippen LogP contribution in [0.1, 0.15) is 11.1 Å². The minimum absolute atomic E-state index is 0.924. The molecule has 0 amide bonds. The Labute approximate surface area is 107 Å². The highest BCUT2D eigenvalue weighted by atomic mass is 16.5. The number of nitrogens with zero attached hydrogens (tertiary/aromatic N) is 1. The van der Waals surface area contributed by atoms with E-state index in [0.717, 1.165) is 13.2 Å². The zero-order valence-corrected chi connectivity index (χ0v) is 10.6. The van der Waals surface area contributed by atoms with Gasteiger partial charge in [0.1, 0.15) is 26.2 Å². The lowest BCUT2D eigenvalue weighted by Crippen LogP contribution is -2.50. The van der Waals surface area contributed by atoms with E-state index >= 15 is 0 Å². The monoisotopic (exact) mass is 240 g/mol. The second-order valence-corrected chi connectivity index (χ2v) is 5.69. The molecule has 0 aromatic heterocycles. The van der Waals surface area contributed by atoms with E-state index in [1.54, 1.807) is 11.1 Å². The molecule has 2 heterocycles. The fraction of sp³-hybridized carbons (Fsp3) is 0.375. The van der Waals surface area contributed by atoms with Crippen LogP contribution >= 0.6 is 0 Å². The molecule has 2 aliphatic heterocycles. The number of hydrogen-bond donors (Lipinski definition) is 0. The average molecular weight is 240 g/mol. The van der Waals surface area contributed by atoms with Gasteiger partial charge in [0.15, 0.2) is 0 Å². The van der Waals surface area contributed by atoms with E-state index in [9.17, 15) is 0 Å². The molecule has 2 aliphatic rings. The third kappa shape index (κ3) is 1.57. The van der Waals surface area contributed by atoms with E-state index in [1.807, 2.05) is 0 Å². The Bertz CT molecular complexity index is 553. The highest BCUT2D eigenvalue weighted by molar-refractivity contribution is 5.84. The zero-order valence-electron chi connectivity index (χ0n) is 10.6. The molecular weight excluding hydrogens is 222 g/mol. The molecule has 0 radical (unpaired) electrons. The van der Waals surface area contributed by atoms with Crippen LogP contribution in [0.25, 0.3) is 10.8 Å². The Morgan fingerprint density at radius 3 is 1.94 bits per heavy atom. The standard InChI is InChI=1S/C16H18NO/c1-2-4-14-10-16-12-17(5-7-18-8-6-17)11-15(16)9-13(14)3-1/h1-4,9-10H,5-8,11-12H2/q+1. The van der Waals surface area contributed by atoms with Crippen LogP contribution in [0.2, 0.25) is 0 Å². The molecular formula is C16H18NO+. The van der Waals surface area contributed by atoms with Gasteiger partial charge in [-0.2, -0.15) is 0 Å². The summed E-state index contributed by atoms with van der Waals surface area (Å²) < 4.78 is 6.73. The smallest absolute Gasteiger partial charge is 0.105 e. The molecule has 1 fully saturated rings. The minimum Gasteiger partial charge on any atom is -0.370 e. The molecule has 0 saturated carbocycles. The predicted octanol–water partition coefficient (Wildman–Crippen LogP) is 2.70. The van der Waals surface area contributed by atoms with Crippen molar-refractivity contribution in [1.29, 1.82) is 0 Å². The van der Waals surface area contributed by atoms with Crippen molar-refractivity contribution >= 4 is 10.8 Å². The number of rotatable bonds is 0. The van der Waals surface area contributed by atoms with Crippen LogP contribution in [0.5, 0.6) is 0 Å². The summed E-state index contributed by atoms with van der Waals surface area (Å²) in [6.07, 6.45) is 0. The van der Waals surface area contributed by atoms with Crippen molar-refractivity contribution in [3.8, 4) is 0 Å². The molecule has 2 aromatic carbocycles. The maximum Gasteiger partial charge on any atom is 0.105 e. The quantitative estimate of drug-likeness (QED) is 0.643. The van der Waals surface area contributed by atoms with E-state index < -0.39 is 0 Å². The molecule has 1 spiro atoms. The Morgan fingerprint density at radius 2 is 1.39 bits per heavy atom. The van der Waals surface area contributed by atoms with Crippen LogP contribution in [0.3, 0.4) is 0 Å². The fourth-order valence-corrected chi connectivity index (χ4v) is 3.45. The van der Waals surface area contributed by atoms with Crippen LogP contribution in [-0.2, 0) is 17.8 Å². The number of quaternary nitrogens is 1. The van der Waals surface area contributed by atoms with Crippen molar-refractivity contribution < 1.29 is 9.22 Å². The van der Waals surface area contributed by atoms with Crippen LogP contribution in [0, 0.1) is 0 Å². The van der Waals surface area contributed by atoms with Gasteiger partial charge in [-0.15, -0.1) is 0 Å². The van der Waals surface area contributed by atoms with Crippen LogP contribution in [-0.4, -0.2) is 30.8 Å². The second kappa shape index (κ2) is 3.81. The SMILES string of the molecule is c1ccc2cc3c(cc2c1)C[N+]1(CCOCC1)C3. The summed E-state index contributed by atoms with van der Waals surface area (Å²) in [5.74, 6) is 0. The molecule has 0 bridgehead atoms. The van der Waals surface area contributed by atoms with Gasteiger partial charge in [0.2, 0.25) is 0 Å². The highest BCUT2D eigenvalue weighted by Gasteiger charge is 2.37. The third-order valence-electron chi connectivity index (χ3n) is 4.50. The number of hydrogen-bond acceptors (Lipinski definition) is 1. The Hall–Kier alpha value is -1.38. The molecule has 0 unspecified atom stereocenters. The maximum absolute atomic E-state index is 5.52. The molecule has 0 aliphatic carbocycles. The lowest BCUT2D eigenvalue weighted by Gasteiger charge is -2.37. The summed E-state index contributed by atoms with van der Waals surface area (Å²) in [5, 5.41) is 2.76. The Kier molecular flexibility index (Phi) is 2.23. The topological polar surface area (TPSA) is 9.23 Å². The molecule has 18 heavy (non-hydrogen) atoms. The molecule has 2 nitrogen and oxygen atoms in total. The van der Waals surface area contributed by atoms with Crippen molar-refractivity contribution in [2.24, 2.45) is 0 Å². The summed E-state index contributed by atoms with van der Waals surface area (Å²) >= 11 is 0. The number of morpholine rings is 1. The number of benzene rings is 2. The molecule has 92 valence electrons. The van der Waals surface area contributed by atoms with Gasteiger partial charge in [-0.3, -0.25) is 0 Å². The summed E-state index contributed by atoms with van der Waals surface area (Å²) in [5.41, 5.74) is 3.10. The van der Waals surface area contributed by atoms with Gasteiger partial charge in [-0.1, -0.05) is 24.3 Å². The van der Waals surface area contributed by atoms with E-state index in [1.165, 1.54) is 41.4 Å². The van der Waals surface area contributed by atoms with E-state index in [2.05, 4.69) is 36.4 Å². The molecule has 2 aromatic rings. The lowest BCUT2D eigenvalue weighted by molar-refractivity contribution is -0.953. The van der Waals surface area contributed by atoms with Gasteiger partial charge in [-0.25, -0.2) is 0 Å². The first-order chi connectivity index (χ1) is 8.85. The zero-order chi connectivity index (χ0) is 12.0. The van der Waals surface area contributed by atoms with Crippen LogP contribution in [0.15, 0.2) is 36.4 Å². The molecule has 1 saturated heterocycles. The number of fused-ring (bicyclic) bond motifs is 2. The van der Waals surface area contributed by atoms with Crippen molar-refractivity contribution in [2.75, 3.05) is 26.3 Å². The fourth-order valence-electron chi connectivity index (χ4n) is 3.45. The molecule has 4 rings (SSSR count). The van der Waals surface area contributed by atoms with Gasteiger partial charge >= 0.3 is 0 Å². The molecule has 0 atom stereocenters. The normalized spacial score (nSPS) is 21.3. The van der Waals surface area contributed by atoms with E-state index in [4.69, 9.17) is 4.74 Å². The minimum atomic E-state index is 0.924. The van der Waals surface area contributed by atoms with Crippen molar-refractivity contribution in [1.82, 2.24) is 0 Å². The summed E-state index contributed by atoms with van der Waals surface area (Å²) in [7, 11) is 0. The third-order valence-corrected chi connectivity index (χ3v) is 4.50. The van der Waals surface area contributed by atoms with Crippen molar-refractivity contribution in [3.05, 3.63) is 47.5 Å². The second-order valence-electron chi connectivity index (χ2n) is 5.69. The van der Waals surface area contributed by atoms with Gasteiger partial charge in [0.05, 0.1) is 13.2 Å². The summed E-state index contributed by atoms with van der Waals surface area (Å²) in [4.78, 5) is 0. The van der Waals surface area contributed by atoms with Crippen LogP contribution in [0.4, 0.5) is 0 Å². The summed E-state index contributed by atoms with van der Waals surface area (Å²) in [6.45, 7) is 6.59.